The first-order chi connectivity index (χ1) is 9.70. The van der Waals surface area contributed by atoms with Crippen molar-refractivity contribution in [3.05, 3.63) is 30.1 Å². The number of amides is 1. The first-order valence-corrected chi connectivity index (χ1v) is 7.97. The van der Waals surface area contributed by atoms with Crippen molar-refractivity contribution in [2.24, 2.45) is 5.92 Å². The van der Waals surface area contributed by atoms with Gasteiger partial charge in [0.2, 0.25) is 5.91 Å². The summed E-state index contributed by atoms with van der Waals surface area (Å²) >= 11 is 1.35. The van der Waals surface area contributed by atoms with E-state index in [1.165, 1.54) is 17.8 Å². The van der Waals surface area contributed by atoms with Gasteiger partial charge in [0, 0.05) is 35.6 Å². The lowest BCUT2D eigenvalue weighted by Crippen LogP contribution is -2.38. The molecule has 1 aromatic carbocycles. The standard InChI is InChI=1S/C15H20FNO2S/c16-12-5-1-2-7-14(12)20-9-8-15(19)17-13-6-3-4-11(13)10-18/h1-2,5,7,11,13,18H,3-4,6,8-10H2,(H,17,19). The molecule has 20 heavy (non-hydrogen) atoms. The van der Waals surface area contributed by atoms with Crippen LogP contribution in [0.25, 0.3) is 0 Å². The van der Waals surface area contributed by atoms with Crippen LogP contribution in [0.4, 0.5) is 4.39 Å². The highest BCUT2D eigenvalue weighted by Crippen LogP contribution is 2.25. The molecular weight excluding hydrogens is 277 g/mol. The summed E-state index contributed by atoms with van der Waals surface area (Å²) < 4.78 is 13.4. The Balaban J connectivity index is 1.72. The molecule has 1 saturated carbocycles. The van der Waals surface area contributed by atoms with Gasteiger partial charge in [0.25, 0.3) is 0 Å². The van der Waals surface area contributed by atoms with Gasteiger partial charge in [-0.15, -0.1) is 11.8 Å². The molecule has 0 heterocycles. The van der Waals surface area contributed by atoms with Crippen molar-refractivity contribution >= 4 is 17.7 Å². The summed E-state index contributed by atoms with van der Waals surface area (Å²) in [6, 6.07) is 6.69. The van der Waals surface area contributed by atoms with Crippen molar-refractivity contribution in [1.29, 1.82) is 0 Å². The zero-order valence-corrected chi connectivity index (χ0v) is 12.2. The number of benzene rings is 1. The lowest BCUT2D eigenvalue weighted by atomic mass is 10.1. The summed E-state index contributed by atoms with van der Waals surface area (Å²) in [6.45, 7) is 0.134. The maximum atomic E-state index is 13.4. The highest BCUT2D eigenvalue weighted by molar-refractivity contribution is 7.99. The third kappa shape index (κ3) is 4.21. The predicted octanol–water partition coefficient (Wildman–Crippen LogP) is 2.59. The van der Waals surface area contributed by atoms with Crippen LogP contribution in [0.1, 0.15) is 25.7 Å². The number of aliphatic hydroxyl groups is 1. The van der Waals surface area contributed by atoms with E-state index in [4.69, 9.17) is 0 Å². The van der Waals surface area contributed by atoms with Crippen molar-refractivity contribution in [1.82, 2.24) is 5.32 Å². The van der Waals surface area contributed by atoms with Crippen molar-refractivity contribution in [3.8, 4) is 0 Å². The maximum absolute atomic E-state index is 13.4. The molecule has 5 heteroatoms. The van der Waals surface area contributed by atoms with Gasteiger partial charge in [-0.25, -0.2) is 4.39 Å². The quantitative estimate of drug-likeness (QED) is 0.794. The molecule has 0 bridgehead atoms. The fourth-order valence-electron chi connectivity index (χ4n) is 2.54. The second-order valence-corrected chi connectivity index (χ2v) is 6.21. The minimum Gasteiger partial charge on any atom is -0.396 e. The molecule has 2 rings (SSSR count). The molecule has 0 aliphatic heterocycles. The Labute approximate surface area is 123 Å². The first kappa shape index (κ1) is 15.3. The molecule has 2 unspecified atom stereocenters. The molecular formula is C15H20FNO2S. The smallest absolute Gasteiger partial charge is 0.221 e. The number of carbonyl (C=O) groups excluding carboxylic acids is 1. The van der Waals surface area contributed by atoms with Crippen LogP contribution in [0.3, 0.4) is 0 Å². The first-order valence-electron chi connectivity index (χ1n) is 6.98. The van der Waals surface area contributed by atoms with Gasteiger partial charge in [0.1, 0.15) is 5.82 Å². The molecule has 1 aromatic rings. The third-order valence-electron chi connectivity index (χ3n) is 3.66. The van der Waals surface area contributed by atoms with Crippen LogP contribution in [-0.4, -0.2) is 29.4 Å². The topological polar surface area (TPSA) is 49.3 Å². The van der Waals surface area contributed by atoms with E-state index in [0.29, 0.717) is 17.1 Å². The Hall–Kier alpha value is -1.07. The van der Waals surface area contributed by atoms with E-state index in [1.54, 1.807) is 18.2 Å². The van der Waals surface area contributed by atoms with Gasteiger partial charge in [-0.1, -0.05) is 18.6 Å². The molecule has 2 N–H and O–H groups in total. The van der Waals surface area contributed by atoms with Crippen LogP contribution in [-0.2, 0) is 4.79 Å². The fourth-order valence-corrected chi connectivity index (χ4v) is 3.43. The normalized spacial score (nSPS) is 21.9. The Morgan fingerprint density at radius 3 is 2.95 bits per heavy atom. The molecule has 0 saturated heterocycles. The van der Waals surface area contributed by atoms with Crippen molar-refractivity contribution in [2.45, 2.75) is 36.6 Å². The third-order valence-corrected chi connectivity index (χ3v) is 4.71. The van der Waals surface area contributed by atoms with Gasteiger partial charge in [0.05, 0.1) is 0 Å². The van der Waals surface area contributed by atoms with Gasteiger partial charge >= 0.3 is 0 Å². The molecule has 1 aliphatic rings. The summed E-state index contributed by atoms with van der Waals surface area (Å²) in [5, 5.41) is 12.2. The number of rotatable bonds is 6. The van der Waals surface area contributed by atoms with Gasteiger partial charge in [-0.2, -0.15) is 0 Å². The summed E-state index contributed by atoms with van der Waals surface area (Å²) in [5.74, 6) is 0.495. The summed E-state index contributed by atoms with van der Waals surface area (Å²) in [7, 11) is 0. The van der Waals surface area contributed by atoms with Gasteiger partial charge in [0.15, 0.2) is 0 Å². The van der Waals surface area contributed by atoms with Gasteiger partial charge in [-0.05, 0) is 25.0 Å². The van der Waals surface area contributed by atoms with Crippen LogP contribution in [0.2, 0.25) is 0 Å². The molecule has 1 amide bonds. The molecule has 0 radical (unpaired) electrons. The summed E-state index contributed by atoms with van der Waals surface area (Å²) in [4.78, 5) is 12.4. The number of thioether (sulfide) groups is 1. The number of aliphatic hydroxyl groups excluding tert-OH is 1. The van der Waals surface area contributed by atoms with E-state index < -0.39 is 0 Å². The molecule has 0 spiro atoms. The molecule has 1 fully saturated rings. The Bertz CT molecular complexity index is 455. The van der Waals surface area contributed by atoms with E-state index in [0.717, 1.165) is 19.3 Å². The number of hydrogen-bond donors (Lipinski definition) is 2. The van der Waals surface area contributed by atoms with E-state index >= 15 is 0 Å². The summed E-state index contributed by atoms with van der Waals surface area (Å²) in [6.07, 6.45) is 3.34. The summed E-state index contributed by atoms with van der Waals surface area (Å²) in [5.41, 5.74) is 0. The Morgan fingerprint density at radius 2 is 2.20 bits per heavy atom. The zero-order valence-electron chi connectivity index (χ0n) is 11.3. The van der Waals surface area contributed by atoms with Crippen LogP contribution in [0.5, 0.6) is 0 Å². The number of hydrogen-bond acceptors (Lipinski definition) is 3. The monoisotopic (exact) mass is 297 g/mol. The van der Waals surface area contributed by atoms with Crippen molar-refractivity contribution < 1.29 is 14.3 Å². The van der Waals surface area contributed by atoms with Crippen LogP contribution in [0.15, 0.2) is 29.2 Å². The lowest BCUT2D eigenvalue weighted by molar-refractivity contribution is -0.121. The maximum Gasteiger partial charge on any atom is 0.221 e. The zero-order chi connectivity index (χ0) is 14.4. The lowest BCUT2D eigenvalue weighted by Gasteiger charge is -2.18. The molecule has 0 aromatic heterocycles. The second-order valence-electron chi connectivity index (χ2n) is 5.08. The largest absolute Gasteiger partial charge is 0.396 e. The van der Waals surface area contributed by atoms with E-state index in [9.17, 15) is 14.3 Å². The Morgan fingerprint density at radius 1 is 1.40 bits per heavy atom. The van der Waals surface area contributed by atoms with Crippen molar-refractivity contribution in [3.63, 3.8) is 0 Å². The molecule has 3 nitrogen and oxygen atoms in total. The molecule has 2 atom stereocenters. The average Bonchev–Trinajstić information content (AvgIpc) is 2.88. The minimum absolute atomic E-state index is 0.0146. The SMILES string of the molecule is O=C(CCSc1ccccc1F)NC1CCCC1CO. The molecule has 1 aliphatic carbocycles. The van der Waals surface area contributed by atoms with Crippen molar-refractivity contribution in [2.75, 3.05) is 12.4 Å². The second kappa shape index (κ2) is 7.64. The minimum atomic E-state index is -0.242. The number of halogens is 1. The highest BCUT2D eigenvalue weighted by Gasteiger charge is 2.27. The number of nitrogens with one attached hydrogen (secondary N) is 1. The van der Waals surface area contributed by atoms with E-state index in [1.807, 2.05) is 0 Å². The average molecular weight is 297 g/mol. The van der Waals surface area contributed by atoms with E-state index in [-0.39, 0.29) is 30.3 Å². The highest BCUT2D eigenvalue weighted by atomic mass is 32.2. The predicted molar refractivity (Wildman–Crippen MR) is 78.1 cm³/mol. The van der Waals surface area contributed by atoms with Crippen LogP contribution >= 0.6 is 11.8 Å². The van der Waals surface area contributed by atoms with Gasteiger partial charge < -0.3 is 10.4 Å². The number of carbonyl (C=O) groups is 1. The van der Waals surface area contributed by atoms with Crippen LogP contribution < -0.4 is 5.32 Å². The fraction of sp³-hybridized carbons (Fsp3) is 0.533. The Kier molecular flexibility index (Phi) is 5.86. The van der Waals surface area contributed by atoms with Gasteiger partial charge in [-0.3, -0.25) is 4.79 Å². The molecule has 110 valence electrons. The van der Waals surface area contributed by atoms with Crippen LogP contribution in [0, 0.1) is 11.7 Å². The van der Waals surface area contributed by atoms with E-state index in [2.05, 4.69) is 5.32 Å².